The molecule has 0 unspecified atom stereocenters. The summed E-state index contributed by atoms with van der Waals surface area (Å²) >= 11 is 0. The van der Waals surface area contributed by atoms with Gasteiger partial charge in [-0.25, -0.2) is 9.18 Å². The number of urea groups is 1. The highest BCUT2D eigenvalue weighted by molar-refractivity contribution is 6.03. The number of hydrogen-bond acceptors (Lipinski definition) is 3. The van der Waals surface area contributed by atoms with Gasteiger partial charge in [-0.2, -0.15) is 0 Å². The third-order valence-electron chi connectivity index (χ3n) is 7.55. The Labute approximate surface area is 216 Å². The maximum atomic E-state index is 14.2. The lowest BCUT2D eigenvalue weighted by molar-refractivity contribution is -0.138. The van der Waals surface area contributed by atoms with E-state index in [1.54, 1.807) is 24.0 Å². The van der Waals surface area contributed by atoms with Crippen molar-refractivity contribution in [3.8, 4) is 16.9 Å². The molecule has 2 N–H and O–H groups in total. The van der Waals surface area contributed by atoms with E-state index in [0.717, 1.165) is 36.8 Å². The van der Waals surface area contributed by atoms with Crippen LogP contribution in [0.25, 0.3) is 11.1 Å². The minimum absolute atomic E-state index is 0.188. The average molecular weight is 503 g/mol. The first-order valence-electron chi connectivity index (χ1n) is 12.8. The van der Waals surface area contributed by atoms with Crippen LogP contribution in [0.15, 0.2) is 60.7 Å². The molecule has 2 aliphatic rings. The van der Waals surface area contributed by atoms with E-state index in [-0.39, 0.29) is 12.1 Å². The quantitative estimate of drug-likeness (QED) is 0.394. The number of hydrogen-bond donors (Lipinski definition) is 2. The van der Waals surface area contributed by atoms with Gasteiger partial charge in [0.2, 0.25) is 0 Å². The maximum Gasteiger partial charge on any atom is 0.326 e. The molecule has 3 aromatic rings. The minimum Gasteiger partial charge on any atom is -0.490 e. The van der Waals surface area contributed by atoms with Gasteiger partial charge in [0.1, 0.15) is 18.2 Å². The van der Waals surface area contributed by atoms with E-state index in [1.807, 2.05) is 18.2 Å². The highest BCUT2D eigenvalue weighted by Gasteiger charge is 2.26. The van der Waals surface area contributed by atoms with E-state index in [1.165, 1.54) is 11.6 Å². The van der Waals surface area contributed by atoms with Gasteiger partial charge in [0.15, 0.2) is 0 Å². The van der Waals surface area contributed by atoms with Gasteiger partial charge in [0.05, 0.1) is 17.9 Å². The van der Waals surface area contributed by atoms with Crippen LogP contribution in [0.4, 0.5) is 20.6 Å². The zero-order valence-corrected chi connectivity index (χ0v) is 20.9. The van der Waals surface area contributed by atoms with Crippen molar-refractivity contribution in [1.29, 1.82) is 0 Å². The molecular formula is C30H31FN2O4. The van der Waals surface area contributed by atoms with E-state index in [9.17, 15) is 14.0 Å². The summed E-state index contributed by atoms with van der Waals surface area (Å²) in [6, 6.07) is 18.6. The van der Waals surface area contributed by atoms with Crippen LogP contribution in [0.5, 0.6) is 5.75 Å². The molecule has 3 aromatic carbocycles. The zero-order valence-electron chi connectivity index (χ0n) is 20.9. The fraction of sp³-hybridized carbons (Fsp3) is 0.333. The number of ether oxygens (including phenoxy) is 1. The fourth-order valence-electron chi connectivity index (χ4n) is 5.47. The zero-order chi connectivity index (χ0) is 25.9. The first-order chi connectivity index (χ1) is 17.9. The van der Waals surface area contributed by atoms with E-state index >= 15 is 0 Å². The Hall–Kier alpha value is -3.87. The van der Waals surface area contributed by atoms with Gasteiger partial charge in [0.25, 0.3) is 0 Å². The number of rotatable bonds is 5. The number of halogens is 1. The summed E-state index contributed by atoms with van der Waals surface area (Å²) in [5, 5.41) is 11.7. The van der Waals surface area contributed by atoms with Gasteiger partial charge < -0.3 is 15.2 Å². The highest BCUT2D eigenvalue weighted by atomic mass is 19.1. The summed E-state index contributed by atoms with van der Waals surface area (Å²) in [5.74, 6) is 0.210. The van der Waals surface area contributed by atoms with Crippen molar-refractivity contribution in [2.45, 2.75) is 44.9 Å². The number of aryl methyl sites for hydroxylation is 1. The molecule has 0 radical (unpaired) electrons. The molecule has 7 heteroatoms. The third kappa shape index (κ3) is 5.45. The number of nitrogens with zero attached hydrogens (tertiary/aromatic N) is 1. The Morgan fingerprint density at radius 3 is 2.46 bits per heavy atom. The summed E-state index contributed by atoms with van der Waals surface area (Å²) in [6.07, 6.45) is 4.24. The van der Waals surface area contributed by atoms with Crippen LogP contribution in [-0.2, 0) is 4.79 Å². The topological polar surface area (TPSA) is 78.9 Å². The van der Waals surface area contributed by atoms with Crippen molar-refractivity contribution in [1.82, 2.24) is 0 Å². The normalized spacial score (nSPS) is 19.0. The smallest absolute Gasteiger partial charge is 0.326 e. The Morgan fingerprint density at radius 2 is 1.76 bits per heavy atom. The van der Waals surface area contributed by atoms with Crippen LogP contribution in [-0.4, -0.2) is 30.3 Å². The Bertz CT molecular complexity index is 1280. The van der Waals surface area contributed by atoms with Crippen LogP contribution < -0.4 is 15.0 Å². The number of anilines is 2. The van der Waals surface area contributed by atoms with E-state index < -0.39 is 17.8 Å². The number of carboxylic acid groups (broad SMARTS) is 1. The van der Waals surface area contributed by atoms with Gasteiger partial charge in [0, 0.05) is 6.42 Å². The summed E-state index contributed by atoms with van der Waals surface area (Å²) in [5.41, 5.74) is 4.83. The van der Waals surface area contributed by atoms with Gasteiger partial charge in [-0.15, -0.1) is 0 Å². The van der Waals surface area contributed by atoms with Gasteiger partial charge in [-0.3, -0.25) is 9.69 Å². The summed E-state index contributed by atoms with van der Waals surface area (Å²) in [4.78, 5) is 25.6. The molecule has 192 valence electrons. The minimum atomic E-state index is -0.703. The average Bonchev–Trinajstić information content (AvgIpc) is 2.90. The van der Waals surface area contributed by atoms with E-state index in [0.29, 0.717) is 42.0 Å². The van der Waals surface area contributed by atoms with Gasteiger partial charge >= 0.3 is 12.0 Å². The van der Waals surface area contributed by atoms with Crippen LogP contribution >= 0.6 is 0 Å². The lowest BCUT2D eigenvalue weighted by Gasteiger charge is -2.30. The molecule has 1 aliphatic heterocycles. The molecule has 0 spiro atoms. The molecular weight excluding hydrogens is 471 g/mol. The van der Waals surface area contributed by atoms with Crippen LogP contribution in [0.3, 0.4) is 0 Å². The molecule has 1 heterocycles. The predicted octanol–water partition coefficient (Wildman–Crippen LogP) is 6.98. The molecule has 37 heavy (non-hydrogen) atoms. The number of carboxylic acids is 1. The van der Waals surface area contributed by atoms with Crippen molar-refractivity contribution >= 4 is 23.4 Å². The molecule has 1 aliphatic carbocycles. The molecule has 2 amide bonds. The first kappa shape index (κ1) is 24.8. The molecule has 0 atom stereocenters. The Balaban J connectivity index is 1.28. The summed E-state index contributed by atoms with van der Waals surface area (Å²) in [6.45, 7) is 2.48. The van der Waals surface area contributed by atoms with Crippen molar-refractivity contribution in [2.24, 2.45) is 5.92 Å². The number of carbonyl (C=O) groups is 2. The van der Waals surface area contributed by atoms with Crippen molar-refractivity contribution in [2.75, 3.05) is 23.4 Å². The second kappa shape index (κ2) is 10.6. The maximum absolute atomic E-state index is 14.2. The van der Waals surface area contributed by atoms with Crippen LogP contribution in [0, 0.1) is 18.7 Å². The number of aliphatic carboxylic acids is 1. The number of nitrogens with one attached hydrogen (secondary N) is 1. The van der Waals surface area contributed by atoms with Crippen molar-refractivity contribution in [3.05, 3.63) is 77.6 Å². The molecule has 1 fully saturated rings. The Kier molecular flexibility index (Phi) is 7.12. The molecule has 6 nitrogen and oxygen atoms in total. The lowest BCUT2D eigenvalue weighted by Crippen LogP contribution is -2.41. The number of fused-ring (bicyclic) bond motifs is 1. The molecule has 0 aromatic heterocycles. The van der Waals surface area contributed by atoms with Crippen molar-refractivity contribution in [3.63, 3.8) is 0 Å². The standard InChI is InChI=1S/C30H31FN2O4/c1-19-3-2-4-25(31)29(19)32-30(36)33-15-16-37-27-18-24(13-14-26(27)33)23-11-9-22(10-12-23)21-7-5-20(6-8-21)17-28(34)35/h2-4,9-14,18,20-21H,5-8,15-17H2,1H3,(H,32,36)(H,34,35)/t20-,21-. The highest BCUT2D eigenvalue weighted by Crippen LogP contribution is 2.39. The van der Waals surface area contributed by atoms with Crippen molar-refractivity contribution < 1.29 is 23.8 Å². The lowest BCUT2D eigenvalue weighted by atomic mass is 9.77. The number of amides is 2. The second-order valence-electron chi connectivity index (χ2n) is 9.98. The van der Waals surface area contributed by atoms with Crippen LogP contribution in [0.2, 0.25) is 0 Å². The summed E-state index contributed by atoms with van der Waals surface area (Å²) in [7, 11) is 0. The first-order valence-corrected chi connectivity index (χ1v) is 12.8. The monoisotopic (exact) mass is 502 g/mol. The fourth-order valence-corrected chi connectivity index (χ4v) is 5.47. The van der Waals surface area contributed by atoms with Crippen LogP contribution in [0.1, 0.15) is 49.1 Å². The van der Waals surface area contributed by atoms with Gasteiger partial charge in [-0.05, 0) is 84.9 Å². The van der Waals surface area contributed by atoms with E-state index in [4.69, 9.17) is 9.84 Å². The van der Waals surface area contributed by atoms with Gasteiger partial charge in [-0.1, -0.05) is 42.5 Å². The molecule has 5 rings (SSSR count). The number of benzene rings is 3. The second-order valence-corrected chi connectivity index (χ2v) is 9.98. The predicted molar refractivity (Wildman–Crippen MR) is 142 cm³/mol. The molecule has 1 saturated carbocycles. The molecule has 0 saturated heterocycles. The number of para-hydroxylation sites is 1. The van der Waals surface area contributed by atoms with E-state index in [2.05, 4.69) is 29.6 Å². The largest absolute Gasteiger partial charge is 0.490 e. The SMILES string of the molecule is Cc1cccc(F)c1NC(=O)N1CCOc2cc(-c3ccc([C@H]4CC[C@H](CC(=O)O)CC4)cc3)ccc21. The third-order valence-corrected chi connectivity index (χ3v) is 7.55. The Morgan fingerprint density at radius 1 is 1.03 bits per heavy atom. The summed E-state index contributed by atoms with van der Waals surface area (Å²) < 4.78 is 20.1. The number of carbonyl (C=O) groups excluding carboxylic acids is 1. The molecule has 0 bridgehead atoms.